The van der Waals surface area contributed by atoms with Gasteiger partial charge in [-0.3, -0.25) is 4.90 Å². The summed E-state index contributed by atoms with van der Waals surface area (Å²) < 4.78 is 5.54. The fourth-order valence-electron chi connectivity index (χ4n) is 2.71. The van der Waals surface area contributed by atoms with Crippen LogP contribution in [0, 0.1) is 0 Å². The van der Waals surface area contributed by atoms with E-state index >= 15 is 0 Å². The van der Waals surface area contributed by atoms with E-state index in [1.165, 1.54) is 0 Å². The monoisotopic (exact) mass is 293 g/mol. The van der Waals surface area contributed by atoms with Crippen molar-refractivity contribution in [1.82, 2.24) is 15.5 Å². The van der Waals surface area contributed by atoms with Crippen molar-refractivity contribution in [1.29, 1.82) is 0 Å². The Hall–Kier alpha value is -1.65. The zero-order valence-corrected chi connectivity index (χ0v) is 13.9. The summed E-state index contributed by atoms with van der Waals surface area (Å²) in [6.07, 6.45) is 3.83. The summed E-state index contributed by atoms with van der Waals surface area (Å²) in [4.78, 5) is 14.3. The third kappa shape index (κ3) is 3.71. The number of likely N-dealkylation sites (tertiary alicyclic amines) is 1. The van der Waals surface area contributed by atoms with Gasteiger partial charge < -0.3 is 15.4 Å². The molecule has 0 radical (unpaired) electrons. The average molecular weight is 293 g/mol. The van der Waals surface area contributed by atoms with Gasteiger partial charge >= 0.3 is 6.09 Å². The highest BCUT2D eigenvalue weighted by atomic mass is 16.6. The van der Waals surface area contributed by atoms with Crippen LogP contribution in [-0.2, 0) is 4.74 Å². The van der Waals surface area contributed by atoms with Crippen LogP contribution in [0.25, 0.3) is 0 Å². The summed E-state index contributed by atoms with van der Waals surface area (Å²) in [6, 6.07) is 0.279. The lowest BCUT2D eigenvalue weighted by molar-refractivity contribution is 0.0193. The lowest BCUT2D eigenvalue weighted by Gasteiger charge is -2.30. The molecule has 0 spiro atoms. The number of nitrogens with zero attached hydrogens (tertiary/aromatic N) is 1. The fraction of sp³-hybridized carbons (Fsp3) is 0.688. The number of amides is 1. The van der Waals surface area contributed by atoms with Gasteiger partial charge in [-0.1, -0.05) is 0 Å². The molecule has 5 heteroatoms. The van der Waals surface area contributed by atoms with E-state index in [0.29, 0.717) is 0 Å². The molecule has 5 nitrogen and oxygen atoms in total. The molecule has 0 aliphatic carbocycles. The fourth-order valence-corrected chi connectivity index (χ4v) is 2.71. The summed E-state index contributed by atoms with van der Waals surface area (Å²) in [5.74, 6) is 0.956. The lowest BCUT2D eigenvalue weighted by Crippen LogP contribution is -2.43. The van der Waals surface area contributed by atoms with Crippen molar-refractivity contribution in [3.8, 4) is 0 Å². The van der Waals surface area contributed by atoms with Gasteiger partial charge in [0.1, 0.15) is 11.4 Å². The first-order valence-electron chi connectivity index (χ1n) is 7.62. The van der Waals surface area contributed by atoms with Crippen molar-refractivity contribution < 1.29 is 9.53 Å². The van der Waals surface area contributed by atoms with Gasteiger partial charge in [0.05, 0.1) is 6.04 Å². The maximum atomic E-state index is 12.4. The third-order valence-electron chi connectivity index (χ3n) is 3.88. The molecule has 0 saturated carbocycles. The Labute approximate surface area is 127 Å². The number of hydrogen-bond donors (Lipinski definition) is 2. The van der Waals surface area contributed by atoms with Gasteiger partial charge in [0.15, 0.2) is 0 Å². The average Bonchev–Trinajstić information content (AvgIpc) is 2.81. The minimum absolute atomic E-state index is 0.0727. The van der Waals surface area contributed by atoms with E-state index in [-0.39, 0.29) is 18.2 Å². The van der Waals surface area contributed by atoms with Gasteiger partial charge in [-0.25, -0.2) is 4.79 Å². The number of carbonyl (C=O) groups excluding carboxylic acids is 1. The van der Waals surface area contributed by atoms with Gasteiger partial charge in [-0.2, -0.15) is 0 Å². The van der Waals surface area contributed by atoms with Crippen LogP contribution in [0.3, 0.4) is 0 Å². The smallest absolute Gasteiger partial charge is 0.411 e. The molecule has 1 fully saturated rings. The van der Waals surface area contributed by atoms with Crippen molar-refractivity contribution in [2.75, 3.05) is 0 Å². The largest absolute Gasteiger partial charge is 0.444 e. The molecule has 2 heterocycles. The number of nitrogens with one attached hydrogen (secondary N) is 2. The minimum atomic E-state index is -0.463. The number of rotatable bonds is 1. The summed E-state index contributed by atoms with van der Waals surface area (Å²) in [5.41, 5.74) is 1.78. The van der Waals surface area contributed by atoms with E-state index in [4.69, 9.17) is 4.74 Å². The van der Waals surface area contributed by atoms with Crippen LogP contribution in [-0.4, -0.2) is 28.7 Å². The molecule has 2 atom stereocenters. The second-order valence-corrected chi connectivity index (χ2v) is 6.96. The highest BCUT2D eigenvalue weighted by Gasteiger charge is 2.36. The van der Waals surface area contributed by atoms with E-state index < -0.39 is 5.60 Å². The molecular formula is C16H27N3O2. The summed E-state index contributed by atoms with van der Waals surface area (Å²) in [6.45, 7) is 11.8. The first-order chi connectivity index (χ1) is 9.67. The molecule has 1 amide bonds. The lowest BCUT2D eigenvalue weighted by atomic mass is 10.2. The highest BCUT2D eigenvalue weighted by molar-refractivity contribution is 5.69. The topological polar surface area (TPSA) is 53.6 Å². The van der Waals surface area contributed by atoms with Crippen molar-refractivity contribution in [3.05, 3.63) is 23.3 Å². The molecule has 0 aromatic rings. The Morgan fingerprint density at radius 2 is 1.81 bits per heavy atom. The molecule has 21 heavy (non-hydrogen) atoms. The van der Waals surface area contributed by atoms with Crippen molar-refractivity contribution in [2.24, 2.45) is 0 Å². The quantitative estimate of drug-likeness (QED) is 0.780. The number of allylic oxidation sites excluding steroid dienone is 2. The molecule has 2 N–H and O–H groups in total. The van der Waals surface area contributed by atoms with Gasteiger partial charge in [-0.05, 0) is 60.5 Å². The molecule has 0 aromatic carbocycles. The number of ether oxygens (including phenoxy) is 1. The van der Waals surface area contributed by atoms with Crippen LogP contribution in [0.15, 0.2) is 23.3 Å². The van der Waals surface area contributed by atoms with Gasteiger partial charge in [0.25, 0.3) is 0 Å². The first-order valence-corrected chi connectivity index (χ1v) is 7.62. The van der Waals surface area contributed by atoms with Crippen LogP contribution >= 0.6 is 0 Å². The molecular weight excluding hydrogens is 266 g/mol. The zero-order valence-electron chi connectivity index (χ0n) is 13.9. The van der Waals surface area contributed by atoms with Crippen molar-refractivity contribution >= 4 is 6.09 Å². The van der Waals surface area contributed by atoms with Crippen LogP contribution in [0.1, 0.15) is 54.4 Å². The Kier molecular flexibility index (Phi) is 4.21. The standard InChI is InChI=1S/C16H27N3O2/c1-10-7-8-13(9-14-17-11(2)12(3)18-14)19(10)15(20)21-16(4,5)6/h9-10,13,17-18H,7-8H2,1-6H3. The van der Waals surface area contributed by atoms with Crippen LogP contribution < -0.4 is 10.6 Å². The van der Waals surface area contributed by atoms with Gasteiger partial charge in [0.2, 0.25) is 0 Å². The molecule has 2 aliphatic heterocycles. The summed E-state index contributed by atoms with van der Waals surface area (Å²) >= 11 is 0. The van der Waals surface area contributed by atoms with Gasteiger partial charge in [-0.15, -0.1) is 0 Å². The Balaban J connectivity index is 2.09. The molecule has 2 rings (SSSR count). The van der Waals surface area contributed by atoms with Crippen molar-refractivity contribution in [3.63, 3.8) is 0 Å². The number of hydrogen-bond acceptors (Lipinski definition) is 4. The van der Waals surface area contributed by atoms with E-state index in [1.807, 2.05) is 39.5 Å². The Morgan fingerprint density at radius 1 is 1.24 bits per heavy atom. The second-order valence-electron chi connectivity index (χ2n) is 6.96. The van der Waals surface area contributed by atoms with E-state index in [0.717, 1.165) is 30.1 Å². The normalized spacial score (nSPS) is 25.8. The third-order valence-corrected chi connectivity index (χ3v) is 3.88. The highest BCUT2D eigenvalue weighted by Crippen LogP contribution is 2.28. The van der Waals surface area contributed by atoms with E-state index in [1.54, 1.807) is 0 Å². The molecule has 118 valence electrons. The maximum Gasteiger partial charge on any atom is 0.411 e. The molecule has 1 saturated heterocycles. The molecule has 0 aromatic heterocycles. The first kappa shape index (κ1) is 15.7. The predicted octanol–water partition coefficient (Wildman–Crippen LogP) is 3.06. The van der Waals surface area contributed by atoms with E-state index in [2.05, 4.69) is 23.6 Å². The van der Waals surface area contributed by atoms with Crippen LogP contribution in [0.2, 0.25) is 0 Å². The molecule has 2 aliphatic rings. The van der Waals surface area contributed by atoms with Crippen LogP contribution in [0.5, 0.6) is 0 Å². The van der Waals surface area contributed by atoms with Crippen LogP contribution in [0.4, 0.5) is 4.79 Å². The maximum absolute atomic E-state index is 12.4. The molecule has 0 bridgehead atoms. The number of carbonyl (C=O) groups is 1. The van der Waals surface area contributed by atoms with Gasteiger partial charge in [0, 0.05) is 17.4 Å². The zero-order chi connectivity index (χ0) is 15.8. The SMILES string of the molecule is CC1=C(C)NC(=CC2CCC(C)N2C(=O)OC(C)(C)C)N1. The Morgan fingerprint density at radius 3 is 2.33 bits per heavy atom. The van der Waals surface area contributed by atoms with Crippen molar-refractivity contribution in [2.45, 2.75) is 72.1 Å². The summed E-state index contributed by atoms with van der Waals surface area (Å²) in [7, 11) is 0. The summed E-state index contributed by atoms with van der Waals surface area (Å²) in [5, 5.41) is 6.61. The minimum Gasteiger partial charge on any atom is -0.444 e. The molecule has 2 unspecified atom stereocenters. The second kappa shape index (κ2) is 5.62. The predicted molar refractivity (Wildman–Crippen MR) is 83.3 cm³/mol. The Bertz CT molecular complexity index is 472. The van der Waals surface area contributed by atoms with E-state index in [9.17, 15) is 4.79 Å².